The predicted molar refractivity (Wildman–Crippen MR) is 101 cm³/mol. The summed E-state index contributed by atoms with van der Waals surface area (Å²) in [6.07, 6.45) is 2.51. The molecular weight excluding hydrogens is 407 g/mol. The van der Waals surface area contributed by atoms with Gasteiger partial charge in [0.25, 0.3) is 0 Å². The molecule has 0 radical (unpaired) electrons. The lowest BCUT2D eigenvalue weighted by Crippen LogP contribution is -2.02. The van der Waals surface area contributed by atoms with E-state index in [0.29, 0.717) is 11.3 Å². The zero-order chi connectivity index (χ0) is 18.3. The third-order valence-electron chi connectivity index (χ3n) is 3.16. The maximum absolute atomic E-state index is 13.1. The third kappa shape index (κ3) is 6.16. The van der Waals surface area contributed by atoms with Crippen LogP contribution in [0, 0.1) is 0 Å². The first-order valence-electron chi connectivity index (χ1n) is 7.59. The van der Waals surface area contributed by atoms with Crippen LogP contribution in [0.1, 0.15) is 18.1 Å². The lowest BCUT2D eigenvalue weighted by molar-refractivity contribution is -0.131. The van der Waals surface area contributed by atoms with Gasteiger partial charge < -0.3 is 9.63 Å². The number of benzene rings is 2. The van der Waals surface area contributed by atoms with Gasteiger partial charge in [-0.3, -0.25) is 4.52 Å². The summed E-state index contributed by atoms with van der Waals surface area (Å²) in [6.45, 7) is 1.98. The summed E-state index contributed by atoms with van der Waals surface area (Å²) in [5, 5.41) is 8.83. The van der Waals surface area contributed by atoms with E-state index in [1.54, 1.807) is 25.1 Å². The van der Waals surface area contributed by atoms with E-state index in [4.69, 9.17) is 14.2 Å². The minimum Gasteiger partial charge on any atom is -0.478 e. The first kappa shape index (κ1) is 19.4. The number of carboxylic acids is 1. The molecule has 0 amide bonds. The maximum atomic E-state index is 13.1. The number of carboxylic acid groups (broad SMARTS) is 1. The van der Waals surface area contributed by atoms with E-state index in [9.17, 15) is 9.36 Å². The Morgan fingerprint density at radius 1 is 1.24 bits per heavy atom. The zero-order valence-electron chi connectivity index (χ0n) is 13.6. The highest BCUT2D eigenvalue weighted by Gasteiger charge is 2.27. The molecule has 2 rings (SSSR count). The van der Waals surface area contributed by atoms with Crippen LogP contribution < -0.4 is 4.52 Å². The first-order chi connectivity index (χ1) is 11.9. The van der Waals surface area contributed by atoms with Crippen molar-refractivity contribution < 1.29 is 23.5 Å². The van der Waals surface area contributed by atoms with Crippen molar-refractivity contribution in [1.29, 1.82) is 0 Å². The molecule has 0 aliphatic heterocycles. The molecule has 1 unspecified atom stereocenters. The highest BCUT2D eigenvalue weighted by atomic mass is 79.9. The molecule has 1 atom stereocenters. The van der Waals surface area contributed by atoms with Crippen molar-refractivity contribution in [2.75, 3.05) is 6.61 Å². The molecule has 0 spiro atoms. The normalized spacial score (nSPS) is 13.5. The summed E-state index contributed by atoms with van der Waals surface area (Å²) in [5.74, 6) is -0.781. The maximum Gasteiger partial charge on any atom is 0.383 e. The molecule has 0 aromatic heterocycles. The minimum atomic E-state index is -3.45. The van der Waals surface area contributed by atoms with Gasteiger partial charge in [0, 0.05) is 16.1 Å². The van der Waals surface area contributed by atoms with E-state index >= 15 is 0 Å². The molecule has 0 bridgehead atoms. The van der Waals surface area contributed by atoms with Crippen molar-refractivity contribution in [3.8, 4) is 5.75 Å². The molecule has 7 heteroatoms. The first-order valence-corrected chi connectivity index (χ1v) is 10.1. The average Bonchev–Trinajstić information content (AvgIpc) is 2.56. The van der Waals surface area contributed by atoms with E-state index in [-0.39, 0.29) is 12.8 Å². The Labute approximate surface area is 155 Å². The van der Waals surface area contributed by atoms with Gasteiger partial charge in [0.05, 0.1) is 12.8 Å². The van der Waals surface area contributed by atoms with Gasteiger partial charge in [-0.05, 0) is 36.8 Å². The number of halogens is 1. The minimum absolute atomic E-state index is 0.125. The molecule has 132 valence electrons. The van der Waals surface area contributed by atoms with Crippen LogP contribution in [0.3, 0.4) is 0 Å². The molecule has 0 heterocycles. The molecule has 0 saturated carbocycles. The average molecular weight is 425 g/mol. The fourth-order valence-electron chi connectivity index (χ4n) is 2.15. The van der Waals surface area contributed by atoms with Gasteiger partial charge in [-0.15, -0.1) is 0 Å². The Bertz CT molecular complexity index is 804. The van der Waals surface area contributed by atoms with E-state index in [0.717, 1.165) is 16.1 Å². The second-order valence-corrected chi connectivity index (χ2v) is 8.01. The zero-order valence-corrected chi connectivity index (χ0v) is 16.1. The summed E-state index contributed by atoms with van der Waals surface area (Å²) in [7, 11) is -3.45. The molecule has 1 N–H and O–H groups in total. The highest BCUT2D eigenvalue weighted by molar-refractivity contribution is 9.10. The molecule has 0 fully saturated rings. The van der Waals surface area contributed by atoms with E-state index < -0.39 is 13.6 Å². The molecule has 25 heavy (non-hydrogen) atoms. The van der Waals surface area contributed by atoms with Crippen LogP contribution in [0.25, 0.3) is 6.08 Å². The SMILES string of the molecule is CCOP(=O)(Cc1ccccc1)Oc1ccc(Br)cc1/C=C/C(=O)O. The quantitative estimate of drug-likeness (QED) is 0.456. The van der Waals surface area contributed by atoms with Crippen LogP contribution in [0.2, 0.25) is 0 Å². The summed E-state index contributed by atoms with van der Waals surface area (Å²) in [4.78, 5) is 10.8. The van der Waals surface area contributed by atoms with Crippen LogP contribution >= 0.6 is 23.5 Å². The van der Waals surface area contributed by atoms with E-state index in [2.05, 4.69) is 15.9 Å². The highest BCUT2D eigenvalue weighted by Crippen LogP contribution is 2.52. The van der Waals surface area contributed by atoms with Gasteiger partial charge in [0.2, 0.25) is 0 Å². The summed E-state index contributed by atoms with van der Waals surface area (Å²) in [6, 6.07) is 14.3. The van der Waals surface area contributed by atoms with Crippen molar-refractivity contribution in [3.63, 3.8) is 0 Å². The Kier molecular flexibility index (Phi) is 7.00. The Morgan fingerprint density at radius 2 is 1.96 bits per heavy atom. The van der Waals surface area contributed by atoms with Crippen molar-refractivity contribution in [1.82, 2.24) is 0 Å². The third-order valence-corrected chi connectivity index (χ3v) is 5.53. The lowest BCUT2D eigenvalue weighted by atomic mass is 10.2. The van der Waals surface area contributed by atoms with Gasteiger partial charge in [0.15, 0.2) is 0 Å². The van der Waals surface area contributed by atoms with E-state index in [1.807, 2.05) is 30.3 Å². The fourth-order valence-corrected chi connectivity index (χ4v) is 4.26. The van der Waals surface area contributed by atoms with Gasteiger partial charge in [-0.1, -0.05) is 46.3 Å². The number of carbonyl (C=O) groups is 1. The van der Waals surface area contributed by atoms with Gasteiger partial charge in [-0.2, -0.15) is 0 Å². The molecule has 5 nitrogen and oxygen atoms in total. The molecular formula is C18H18BrO5P. The Hall–Kier alpha value is -1.88. The van der Waals surface area contributed by atoms with Gasteiger partial charge in [0.1, 0.15) is 5.75 Å². The second-order valence-electron chi connectivity index (χ2n) is 5.12. The molecule has 2 aromatic rings. The number of aliphatic carboxylic acids is 1. The molecule has 0 aliphatic rings. The second kappa shape index (κ2) is 8.99. The molecule has 2 aromatic carbocycles. The van der Waals surface area contributed by atoms with Crippen molar-refractivity contribution in [3.05, 3.63) is 70.2 Å². The standard InChI is InChI=1S/C18H18BrO5P/c1-2-23-25(22,13-14-6-4-3-5-7-14)24-17-10-9-16(19)12-15(17)8-11-18(20)21/h3-12H,2,13H2,1H3,(H,20,21)/b11-8+. The van der Waals surface area contributed by atoms with Crippen LogP contribution in [-0.2, 0) is 20.0 Å². The fraction of sp³-hybridized carbons (Fsp3) is 0.167. The predicted octanol–water partition coefficient (Wildman–Crippen LogP) is 5.36. The lowest BCUT2D eigenvalue weighted by Gasteiger charge is -2.20. The number of rotatable bonds is 8. The van der Waals surface area contributed by atoms with E-state index in [1.165, 1.54) is 6.08 Å². The van der Waals surface area contributed by atoms with Crippen LogP contribution in [0.5, 0.6) is 5.75 Å². The summed E-state index contributed by atoms with van der Waals surface area (Å²) < 4.78 is 25.0. The van der Waals surface area contributed by atoms with Gasteiger partial charge >= 0.3 is 13.6 Å². The smallest absolute Gasteiger partial charge is 0.383 e. The Balaban J connectivity index is 2.33. The number of hydrogen-bond donors (Lipinski definition) is 1. The van der Waals surface area contributed by atoms with Gasteiger partial charge in [-0.25, -0.2) is 9.36 Å². The molecule has 0 saturated heterocycles. The number of hydrogen-bond acceptors (Lipinski definition) is 4. The van der Waals surface area contributed by atoms with Crippen molar-refractivity contribution in [2.45, 2.75) is 13.1 Å². The van der Waals surface area contributed by atoms with Crippen molar-refractivity contribution in [2.24, 2.45) is 0 Å². The topological polar surface area (TPSA) is 72.8 Å². The monoisotopic (exact) mass is 424 g/mol. The summed E-state index contributed by atoms with van der Waals surface area (Å²) in [5.41, 5.74) is 1.32. The van der Waals surface area contributed by atoms with Crippen LogP contribution in [0.4, 0.5) is 0 Å². The van der Waals surface area contributed by atoms with Crippen LogP contribution in [-0.4, -0.2) is 17.7 Å². The van der Waals surface area contributed by atoms with Crippen LogP contribution in [0.15, 0.2) is 59.1 Å². The summed E-state index contributed by atoms with van der Waals surface area (Å²) >= 11 is 3.33. The largest absolute Gasteiger partial charge is 0.478 e. The Morgan fingerprint density at radius 3 is 2.60 bits per heavy atom. The molecule has 0 aliphatic carbocycles. The van der Waals surface area contributed by atoms with Crippen molar-refractivity contribution >= 4 is 35.6 Å².